The molecule has 2 heterocycles. The molecule has 3 N–H and O–H groups in total. The van der Waals surface area contributed by atoms with Gasteiger partial charge in [-0.1, -0.05) is 74.7 Å². The van der Waals surface area contributed by atoms with Gasteiger partial charge in [0.15, 0.2) is 5.82 Å². The molecule has 178 valence electrons. The molecule has 8 nitrogen and oxygen atoms in total. The Morgan fingerprint density at radius 2 is 1.76 bits per heavy atom. The van der Waals surface area contributed by atoms with E-state index >= 15 is 0 Å². The molecule has 8 heteroatoms. The van der Waals surface area contributed by atoms with Crippen LogP contribution in [0.2, 0.25) is 0 Å². The van der Waals surface area contributed by atoms with Gasteiger partial charge in [-0.05, 0) is 41.7 Å². The molecule has 2 aromatic carbocycles. The van der Waals surface area contributed by atoms with Crippen LogP contribution in [-0.2, 0) is 19.4 Å². The molecule has 4 rings (SSSR count). The molecule has 0 aliphatic rings. The number of hydrogen-bond acceptors (Lipinski definition) is 6. The number of rotatable bonds is 12. The van der Waals surface area contributed by atoms with Crippen LogP contribution in [0.25, 0.3) is 22.5 Å². The molecular weight excluding hydrogens is 424 g/mol. The number of tetrazole rings is 1. The molecule has 0 saturated heterocycles. The summed E-state index contributed by atoms with van der Waals surface area (Å²) >= 11 is 0. The highest BCUT2D eigenvalue weighted by Gasteiger charge is 2.13. The Kier molecular flexibility index (Phi) is 8.14. The molecule has 1 atom stereocenters. The molecule has 0 amide bonds. The van der Waals surface area contributed by atoms with Gasteiger partial charge in [0, 0.05) is 24.4 Å². The van der Waals surface area contributed by atoms with Gasteiger partial charge in [0.2, 0.25) is 5.82 Å². The van der Waals surface area contributed by atoms with Crippen LogP contribution in [0, 0.1) is 0 Å². The number of nitrogens with one attached hydrogen (secondary N) is 1. The van der Waals surface area contributed by atoms with Crippen molar-refractivity contribution < 1.29 is 0 Å². The van der Waals surface area contributed by atoms with Crippen LogP contribution in [0.1, 0.15) is 63.2 Å². The Hall–Kier alpha value is -3.39. The van der Waals surface area contributed by atoms with E-state index in [1.165, 1.54) is 24.8 Å². The van der Waals surface area contributed by atoms with Gasteiger partial charge < -0.3 is 5.73 Å². The highest BCUT2D eigenvalue weighted by molar-refractivity contribution is 5.80. The maximum absolute atomic E-state index is 5.95. The largest absolute Gasteiger partial charge is 0.328 e. The Labute approximate surface area is 201 Å². The first-order valence-electron chi connectivity index (χ1n) is 12.2. The Bertz CT molecular complexity index is 1150. The molecule has 0 saturated carbocycles. The van der Waals surface area contributed by atoms with Crippen LogP contribution in [0.3, 0.4) is 0 Å². The number of hydrogen-bond donors (Lipinski definition) is 2. The molecule has 1 unspecified atom stereocenters. The fourth-order valence-corrected chi connectivity index (χ4v) is 4.08. The Balaban J connectivity index is 1.51. The lowest BCUT2D eigenvalue weighted by atomic mass is 9.98. The second-order valence-electron chi connectivity index (χ2n) is 8.91. The van der Waals surface area contributed by atoms with Crippen molar-refractivity contribution in [1.82, 2.24) is 35.4 Å². The second kappa shape index (κ2) is 11.7. The first kappa shape index (κ1) is 23.8. The Morgan fingerprint density at radius 1 is 0.971 bits per heavy atom. The van der Waals surface area contributed by atoms with Crippen LogP contribution in [0.4, 0.5) is 0 Å². The molecular formula is C26H34N8. The monoisotopic (exact) mass is 458 g/mol. The average molecular weight is 459 g/mol. The minimum Gasteiger partial charge on any atom is -0.328 e. The van der Waals surface area contributed by atoms with Crippen LogP contribution in [0.15, 0.2) is 48.5 Å². The number of unbranched alkanes of at least 4 members (excludes halogenated alkanes) is 3. The van der Waals surface area contributed by atoms with Gasteiger partial charge in [-0.25, -0.2) is 9.67 Å². The fourth-order valence-electron chi connectivity index (χ4n) is 4.08. The molecule has 0 radical (unpaired) electrons. The predicted molar refractivity (Wildman–Crippen MR) is 134 cm³/mol. The van der Waals surface area contributed by atoms with Crippen molar-refractivity contribution in [3.63, 3.8) is 0 Å². The predicted octanol–water partition coefficient (Wildman–Crippen LogP) is 4.58. The lowest BCUT2D eigenvalue weighted by molar-refractivity contribution is 0.591. The third-order valence-corrected chi connectivity index (χ3v) is 5.98. The van der Waals surface area contributed by atoms with E-state index < -0.39 is 0 Å². The quantitative estimate of drug-likeness (QED) is 0.301. The van der Waals surface area contributed by atoms with E-state index in [2.05, 4.69) is 62.6 Å². The third-order valence-electron chi connectivity index (χ3n) is 5.98. The first-order valence-corrected chi connectivity index (χ1v) is 12.2. The SMILES string of the molecule is CCCCCCc1nc(CCC(C)N)nn1Cc1ccc(-c2ccccc2-c2nn[nH]n2)cc1. The van der Waals surface area contributed by atoms with Gasteiger partial charge >= 0.3 is 0 Å². The van der Waals surface area contributed by atoms with Gasteiger partial charge in [0.1, 0.15) is 5.82 Å². The van der Waals surface area contributed by atoms with Crippen molar-refractivity contribution in [2.24, 2.45) is 5.73 Å². The molecule has 0 aliphatic carbocycles. The highest BCUT2D eigenvalue weighted by Crippen LogP contribution is 2.29. The summed E-state index contributed by atoms with van der Waals surface area (Å²) in [6.45, 7) is 4.97. The summed E-state index contributed by atoms with van der Waals surface area (Å²) in [7, 11) is 0. The van der Waals surface area contributed by atoms with E-state index in [0.717, 1.165) is 54.0 Å². The van der Waals surface area contributed by atoms with Gasteiger partial charge in [-0.2, -0.15) is 10.3 Å². The molecule has 0 fully saturated rings. The number of aromatic amines is 1. The molecule has 0 spiro atoms. The van der Waals surface area contributed by atoms with Gasteiger partial charge in [-0.15, -0.1) is 10.2 Å². The summed E-state index contributed by atoms with van der Waals surface area (Å²) in [6.07, 6.45) is 7.54. The number of H-pyrrole nitrogens is 1. The van der Waals surface area contributed by atoms with Crippen LogP contribution >= 0.6 is 0 Å². The van der Waals surface area contributed by atoms with Crippen LogP contribution in [-0.4, -0.2) is 41.4 Å². The van der Waals surface area contributed by atoms with Crippen molar-refractivity contribution >= 4 is 0 Å². The molecule has 0 aliphatic heterocycles. The van der Waals surface area contributed by atoms with Crippen molar-refractivity contribution in [3.8, 4) is 22.5 Å². The summed E-state index contributed by atoms with van der Waals surface area (Å²) in [5.41, 5.74) is 10.3. The maximum Gasteiger partial charge on any atom is 0.205 e. The minimum absolute atomic E-state index is 0.155. The number of nitrogens with zero attached hydrogens (tertiary/aromatic N) is 6. The van der Waals surface area contributed by atoms with Crippen LogP contribution in [0.5, 0.6) is 0 Å². The molecule has 0 bridgehead atoms. The molecule has 2 aromatic heterocycles. The minimum atomic E-state index is 0.155. The standard InChI is InChI=1S/C26H34N8/c1-3-4-5-6-11-25-28-24(17-12-19(2)27)31-34(25)18-20-13-15-21(16-14-20)22-9-7-8-10-23(22)26-29-32-33-30-26/h7-10,13-16,19H,3-6,11-12,17-18,27H2,1-2H3,(H,29,30,32,33). The summed E-state index contributed by atoms with van der Waals surface area (Å²) in [5.74, 6) is 2.56. The van der Waals surface area contributed by atoms with E-state index in [1.807, 2.05) is 25.1 Å². The van der Waals surface area contributed by atoms with Crippen molar-refractivity contribution in [2.75, 3.05) is 0 Å². The molecule has 34 heavy (non-hydrogen) atoms. The lowest BCUT2D eigenvalue weighted by Crippen LogP contribution is -2.15. The summed E-state index contributed by atoms with van der Waals surface area (Å²) in [5, 5.41) is 19.4. The fraction of sp³-hybridized carbons (Fsp3) is 0.423. The van der Waals surface area contributed by atoms with Crippen molar-refractivity contribution in [1.29, 1.82) is 0 Å². The topological polar surface area (TPSA) is 111 Å². The second-order valence-corrected chi connectivity index (χ2v) is 8.91. The summed E-state index contributed by atoms with van der Waals surface area (Å²) in [4.78, 5) is 4.85. The molecule has 4 aromatic rings. The Morgan fingerprint density at radius 3 is 2.47 bits per heavy atom. The van der Waals surface area contributed by atoms with E-state index in [9.17, 15) is 0 Å². The zero-order valence-corrected chi connectivity index (χ0v) is 20.1. The zero-order valence-electron chi connectivity index (χ0n) is 20.1. The van der Waals surface area contributed by atoms with Gasteiger partial charge in [0.05, 0.1) is 6.54 Å². The first-order chi connectivity index (χ1) is 16.6. The third kappa shape index (κ3) is 6.14. The summed E-state index contributed by atoms with van der Waals surface area (Å²) < 4.78 is 2.07. The number of aromatic nitrogens is 7. The highest BCUT2D eigenvalue weighted by atomic mass is 15.5. The van der Waals surface area contributed by atoms with Crippen molar-refractivity contribution in [3.05, 3.63) is 65.7 Å². The summed E-state index contributed by atoms with van der Waals surface area (Å²) in [6, 6.07) is 16.9. The van der Waals surface area contributed by atoms with E-state index in [1.54, 1.807) is 0 Å². The average Bonchev–Trinajstić information content (AvgIpc) is 3.52. The van der Waals surface area contributed by atoms with E-state index in [0.29, 0.717) is 12.4 Å². The van der Waals surface area contributed by atoms with Crippen molar-refractivity contribution in [2.45, 2.75) is 71.4 Å². The smallest absolute Gasteiger partial charge is 0.205 e. The maximum atomic E-state index is 5.95. The lowest BCUT2D eigenvalue weighted by Gasteiger charge is -2.09. The number of benzene rings is 2. The normalized spacial score (nSPS) is 12.2. The van der Waals surface area contributed by atoms with Gasteiger partial charge in [-0.3, -0.25) is 0 Å². The van der Waals surface area contributed by atoms with E-state index in [-0.39, 0.29) is 6.04 Å². The number of nitrogens with two attached hydrogens (primary N) is 1. The zero-order chi connectivity index (χ0) is 23.8. The van der Waals surface area contributed by atoms with Crippen LogP contribution < -0.4 is 5.73 Å². The van der Waals surface area contributed by atoms with E-state index in [4.69, 9.17) is 15.8 Å². The van der Waals surface area contributed by atoms with Gasteiger partial charge in [0.25, 0.3) is 0 Å². The number of aryl methyl sites for hydroxylation is 2.